The van der Waals surface area contributed by atoms with Crippen LogP contribution in [0.4, 0.5) is 10.5 Å². The third-order valence-electron chi connectivity index (χ3n) is 6.49. The molecule has 176 valence electrons. The predicted octanol–water partition coefficient (Wildman–Crippen LogP) is 5.24. The maximum Gasteiger partial charge on any atom is 0.290 e. The van der Waals surface area contributed by atoms with Crippen LogP contribution in [0.25, 0.3) is 6.08 Å². The first-order valence-electron chi connectivity index (χ1n) is 11.1. The Bertz CT molecular complexity index is 901. The Labute approximate surface area is 201 Å². The summed E-state index contributed by atoms with van der Waals surface area (Å²) in [6.07, 6.45) is 3.91. The average Bonchev–Trinajstić information content (AvgIpc) is 3.01. The number of imide groups is 1. The second-order valence-corrected chi connectivity index (χ2v) is 16.1. The van der Waals surface area contributed by atoms with Crippen LogP contribution in [0, 0.1) is 0 Å². The van der Waals surface area contributed by atoms with E-state index in [9.17, 15) is 9.59 Å². The third kappa shape index (κ3) is 6.17. The number of piperidine rings is 1. The quantitative estimate of drug-likeness (QED) is 0.306. The van der Waals surface area contributed by atoms with Crippen molar-refractivity contribution in [2.24, 2.45) is 0 Å². The molecule has 3 rings (SSSR count). The fourth-order valence-electron chi connectivity index (χ4n) is 3.68. The smallest absolute Gasteiger partial charge is 0.290 e. The largest absolute Gasteiger partial charge is 0.416 e. The maximum absolute atomic E-state index is 12.0. The van der Waals surface area contributed by atoms with Gasteiger partial charge in [-0.2, -0.15) is 0 Å². The molecule has 0 spiro atoms. The highest BCUT2D eigenvalue weighted by atomic mass is 35.5. The minimum absolute atomic E-state index is 0.211. The van der Waals surface area contributed by atoms with Crippen molar-refractivity contribution in [3.8, 4) is 0 Å². The van der Waals surface area contributed by atoms with Crippen LogP contribution in [-0.4, -0.2) is 51.7 Å². The molecule has 2 fully saturated rings. The van der Waals surface area contributed by atoms with Crippen molar-refractivity contribution in [2.45, 2.75) is 57.8 Å². The van der Waals surface area contributed by atoms with Gasteiger partial charge in [0.1, 0.15) is 0 Å². The molecule has 6 nitrogen and oxygen atoms in total. The Hall–Kier alpha value is -1.32. The number of hydrogen-bond donors (Lipinski definition) is 2. The molecule has 2 amide bonds. The van der Waals surface area contributed by atoms with E-state index in [-0.39, 0.29) is 16.2 Å². The summed E-state index contributed by atoms with van der Waals surface area (Å²) in [5.41, 5.74) is 1.77. The molecule has 9 heteroatoms. The van der Waals surface area contributed by atoms with Gasteiger partial charge >= 0.3 is 0 Å². The molecule has 1 aromatic rings. The standard InChI is InChI=1S/C23H34ClN3O3SSi/c1-23(2,3)32(4,5)30-13-11-25-17-9-7-12-27(15-17)20-16(8-6-10-18(20)24)14-19-21(28)26-22(29)31-19/h6,8,10,14,17,25H,7,9,11-13,15H2,1-5H3,(H,26,28,29)/b19-14-/t17-/m1/s1. The number of nitrogens with zero attached hydrogens (tertiary/aromatic N) is 1. The number of carbonyl (C=O) groups excluding carboxylic acids is 2. The first kappa shape index (κ1) is 25.3. The number of nitrogens with one attached hydrogen (secondary N) is 2. The van der Waals surface area contributed by atoms with E-state index in [1.165, 1.54) is 0 Å². The Balaban J connectivity index is 1.65. The van der Waals surface area contributed by atoms with E-state index in [0.29, 0.717) is 16.0 Å². The fourth-order valence-corrected chi connectivity index (χ4v) is 5.70. The number of amides is 2. The van der Waals surface area contributed by atoms with E-state index in [1.807, 2.05) is 18.2 Å². The van der Waals surface area contributed by atoms with Crippen molar-refractivity contribution >= 4 is 54.6 Å². The molecule has 2 aliphatic heterocycles. The summed E-state index contributed by atoms with van der Waals surface area (Å²) < 4.78 is 6.29. The van der Waals surface area contributed by atoms with Crippen LogP contribution in [0.15, 0.2) is 23.1 Å². The highest BCUT2D eigenvalue weighted by Crippen LogP contribution is 2.37. The Morgan fingerprint density at radius 2 is 2.09 bits per heavy atom. The fraction of sp³-hybridized carbons (Fsp3) is 0.565. The molecular formula is C23H34ClN3O3SSi. The van der Waals surface area contributed by atoms with Gasteiger partial charge in [-0.3, -0.25) is 14.9 Å². The van der Waals surface area contributed by atoms with Gasteiger partial charge in [-0.15, -0.1) is 0 Å². The van der Waals surface area contributed by atoms with Gasteiger partial charge in [0.15, 0.2) is 8.32 Å². The van der Waals surface area contributed by atoms with Crippen molar-refractivity contribution in [1.82, 2.24) is 10.6 Å². The second-order valence-electron chi connectivity index (χ2n) is 9.88. The molecule has 1 aromatic carbocycles. The molecule has 0 saturated carbocycles. The van der Waals surface area contributed by atoms with Gasteiger partial charge in [-0.05, 0) is 54.9 Å². The predicted molar refractivity (Wildman–Crippen MR) is 137 cm³/mol. The van der Waals surface area contributed by atoms with Gasteiger partial charge < -0.3 is 14.6 Å². The monoisotopic (exact) mass is 495 g/mol. The van der Waals surface area contributed by atoms with E-state index in [2.05, 4.69) is 49.4 Å². The lowest BCUT2D eigenvalue weighted by molar-refractivity contribution is -0.115. The maximum atomic E-state index is 12.0. The van der Waals surface area contributed by atoms with E-state index in [1.54, 1.807) is 6.08 Å². The molecule has 1 atom stereocenters. The molecule has 0 aliphatic carbocycles. The van der Waals surface area contributed by atoms with Gasteiger partial charge in [0.05, 0.1) is 15.6 Å². The minimum Gasteiger partial charge on any atom is -0.416 e. The van der Waals surface area contributed by atoms with Gasteiger partial charge in [-0.25, -0.2) is 0 Å². The number of rotatable bonds is 7. The third-order valence-corrected chi connectivity index (χ3v) is 12.1. The molecule has 0 bridgehead atoms. The molecule has 2 aliphatic rings. The van der Waals surface area contributed by atoms with Crippen molar-refractivity contribution in [3.05, 3.63) is 33.7 Å². The number of carbonyl (C=O) groups is 2. The number of halogens is 1. The zero-order chi connectivity index (χ0) is 23.5. The molecule has 2 N–H and O–H groups in total. The average molecular weight is 496 g/mol. The minimum atomic E-state index is -1.73. The SMILES string of the molecule is CC(C)(C)[Si](C)(C)OCCN[C@@H]1CCCN(c2c(Cl)cccc2/C=C2\SC(=O)NC2=O)C1. The van der Waals surface area contributed by atoms with Crippen molar-refractivity contribution in [2.75, 3.05) is 31.1 Å². The van der Waals surface area contributed by atoms with E-state index >= 15 is 0 Å². The molecule has 0 unspecified atom stereocenters. The van der Waals surface area contributed by atoms with E-state index in [0.717, 1.165) is 62.1 Å². The van der Waals surface area contributed by atoms with Crippen molar-refractivity contribution < 1.29 is 14.0 Å². The zero-order valence-corrected chi connectivity index (χ0v) is 22.2. The number of hydrogen-bond acceptors (Lipinski definition) is 6. The van der Waals surface area contributed by atoms with Crippen LogP contribution in [0.5, 0.6) is 0 Å². The van der Waals surface area contributed by atoms with Gasteiger partial charge in [0.25, 0.3) is 11.1 Å². The van der Waals surface area contributed by atoms with Crippen LogP contribution < -0.4 is 15.5 Å². The summed E-state index contributed by atoms with van der Waals surface area (Å²) in [5.74, 6) is -0.356. The lowest BCUT2D eigenvalue weighted by Crippen LogP contribution is -2.48. The van der Waals surface area contributed by atoms with Crippen LogP contribution in [-0.2, 0) is 9.22 Å². The Morgan fingerprint density at radius 1 is 1.34 bits per heavy atom. The summed E-state index contributed by atoms with van der Waals surface area (Å²) in [6, 6.07) is 6.02. The van der Waals surface area contributed by atoms with Crippen molar-refractivity contribution in [3.63, 3.8) is 0 Å². The number of anilines is 1. The number of para-hydroxylation sites is 1. The van der Waals surface area contributed by atoms with Crippen molar-refractivity contribution in [1.29, 1.82) is 0 Å². The summed E-state index contributed by atoms with van der Waals surface area (Å²) in [7, 11) is -1.73. The lowest BCUT2D eigenvalue weighted by atomic mass is 10.0. The summed E-state index contributed by atoms with van der Waals surface area (Å²) in [5, 5.41) is 6.48. The molecule has 0 radical (unpaired) electrons. The highest BCUT2D eigenvalue weighted by Gasteiger charge is 2.37. The molecule has 32 heavy (non-hydrogen) atoms. The summed E-state index contributed by atoms with van der Waals surface area (Å²) >= 11 is 7.52. The first-order chi connectivity index (χ1) is 15.0. The van der Waals surface area contributed by atoms with Gasteiger partial charge in [0, 0.05) is 37.8 Å². The molecular weight excluding hydrogens is 462 g/mol. The molecule has 0 aromatic heterocycles. The Kier molecular flexibility index (Phi) is 8.14. The van der Waals surface area contributed by atoms with Gasteiger partial charge in [-0.1, -0.05) is 44.5 Å². The zero-order valence-electron chi connectivity index (χ0n) is 19.6. The topological polar surface area (TPSA) is 70.7 Å². The van der Waals surface area contributed by atoms with E-state index in [4.69, 9.17) is 16.0 Å². The first-order valence-corrected chi connectivity index (χ1v) is 15.2. The van der Waals surface area contributed by atoms with Crippen LogP contribution in [0.2, 0.25) is 23.2 Å². The summed E-state index contributed by atoms with van der Waals surface area (Å²) in [4.78, 5) is 26.2. The molecule has 2 heterocycles. The summed E-state index contributed by atoms with van der Waals surface area (Å²) in [6.45, 7) is 14.6. The second kappa shape index (κ2) is 10.3. The van der Waals surface area contributed by atoms with Gasteiger partial charge in [0.2, 0.25) is 0 Å². The van der Waals surface area contributed by atoms with E-state index < -0.39 is 8.32 Å². The van der Waals surface area contributed by atoms with Crippen LogP contribution in [0.1, 0.15) is 39.2 Å². The lowest BCUT2D eigenvalue weighted by Gasteiger charge is -2.38. The molecule has 2 saturated heterocycles. The van der Waals surface area contributed by atoms with Crippen LogP contribution >= 0.6 is 23.4 Å². The number of thioether (sulfide) groups is 1. The highest BCUT2D eigenvalue weighted by molar-refractivity contribution is 8.18. The van der Waals surface area contributed by atoms with Crippen LogP contribution in [0.3, 0.4) is 0 Å². The number of benzene rings is 1. The Morgan fingerprint density at radius 3 is 2.75 bits per heavy atom. The normalized spacial score (nSPS) is 21.4.